The van der Waals surface area contributed by atoms with Crippen LogP contribution in [0.25, 0.3) is 0 Å². The van der Waals surface area contributed by atoms with Gasteiger partial charge in [-0.3, -0.25) is 0 Å². The highest BCUT2D eigenvalue weighted by Crippen LogP contribution is 2.35. The van der Waals surface area contributed by atoms with E-state index < -0.39 is 5.92 Å². The number of hydrogen-bond donors (Lipinski definition) is 1. The number of rotatable bonds is 3. The van der Waals surface area contributed by atoms with Crippen LogP contribution in [0.5, 0.6) is 0 Å². The number of hydrogen-bond acceptors (Lipinski definition) is 1. The van der Waals surface area contributed by atoms with Gasteiger partial charge in [0.15, 0.2) is 0 Å². The summed E-state index contributed by atoms with van der Waals surface area (Å²) in [5.74, 6) is -2.97. The third-order valence-corrected chi connectivity index (χ3v) is 2.94. The molecule has 0 saturated carbocycles. The predicted octanol–water partition coefficient (Wildman–Crippen LogP) is 3.85. The van der Waals surface area contributed by atoms with Crippen molar-refractivity contribution >= 4 is 0 Å². The van der Waals surface area contributed by atoms with Gasteiger partial charge in [-0.15, -0.1) is 0 Å². The number of benzene rings is 2. The molecule has 0 saturated heterocycles. The maximum atomic E-state index is 14.2. The average molecular weight is 247 g/mol. The van der Waals surface area contributed by atoms with Gasteiger partial charge in [-0.1, -0.05) is 54.6 Å². The second kappa shape index (κ2) is 4.86. The van der Waals surface area contributed by atoms with Gasteiger partial charge in [0, 0.05) is 17.2 Å². The number of alkyl halides is 2. The minimum absolute atomic E-state index is 0.00135. The molecule has 2 rings (SSSR count). The molecule has 0 radical (unpaired) electrons. The van der Waals surface area contributed by atoms with Gasteiger partial charge in [-0.25, -0.2) is 0 Å². The third kappa shape index (κ3) is 2.41. The van der Waals surface area contributed by atoms with E-state index in [2.05, 4.69) is 0 Å². The Bertz CT molecular complexity index is 504. The fourth-order valence-corrected chi connectivity index (χ4v) is 1.81. The van der Waals surface area contributed by atoms with Crippen LogP contribution in [0.4, 0.5) is 8.78 Å². The lowest BCUT2D eigenvalue weighted by molar-refractivity contribution is 0.0428. The summed E-state index contributed by atoms with van der Waals surface area (Å²) in [6.45, 7) is 1.82. The van der Waals surface area contributed by atoms with Gasteiger partial charge in [-0.2, -0.15) is 8.78 Å². The molecule has 0 bridgehead atoms. The molecular formula is C15H15F2N. The molecule has 0 amide bonds. The molecule has 0 aromatic heterocycles. The van der Waals surface area contributed by atoms with Crippen LogP contribution in [0.15, 0.2) is 54.6 Å². The predicted molar refractivity (Wildman–Crippen MR) is 68.5 cm³/mol. The van der Waals surface area contributed by atoms with Gasteiger partial charge in [0.2, 0.25) is 0 Å². The molecule has 1 nitrogen and oxygen atoms in total. The van der Waals surface area contributed by atoms with Crippen molar-refractivity contribution in [2.24, 2.45) is 5.73 Å². The Hall–Kier alpha value is -1.74. The lowest BCUT2D eigenvalue weighted by atomic mass is 9.98. The normalized spacial score (nSPS) is 13.3. The number of nitrogens with two attached hydrogens (primary N) is 1. The summed E-state index contributed by atoms with van der Waals surface area (Å²) < 4.78 is 28.4. The molecule has 2 aromatic carbocycles. The van der Waals surface area contributed by atoms with E-state index in [0.29, 0.717) is 0 Å². The molecule has 1 unspecified atom stereocenters. The molecule has 2 N–H and O–H groups in total. The van der Waals surface area contributed by atoms with E-state index in [1.807, 2.05) is 6.92 Å². The van der Waals surface area contributed by atoms with E-state index in [1.54, 1.807) is 30.3 Å². The first-order valence-electron chi connectivity index (χ1n) is 5.81. The Kier molecular flexibility index (Phi) is 3.43. The molecule has 0 aliphatic rings. The number of halogens is 2. The van der Waals surface area contributed by atoms with Gasteiger partial charge < -0.3 is 5.73 Å². The Balaban J connectivity index is 2.36. The van der Waals surface area contributed by atoms with E-state index in [1.165, 1.54) is 24.3 Å². The summed E-state index contributed by atoms with van der Waals surface area (Å²) in [7, 11) is 0. The van der Waals surface area contributed by atoms with Crippen LogP contribution in [0.1, 0.15) is 29.7 Å². The first-order chi connectivity index (χ1) is 8.51. The monoisotopic (exact) mass is 247 g/mol. The maximum Gasteiger partial charge on any atom is 0.298 e. The van der Waals surface area contributed by atoms with Gasteiger partial charge >= 0.3 is 0 Å². The fourth-order valence-electron chi connectivity index (χ4n) is 1.81. The Morgan fingerprint density at radius 2 is 1.39 bits per heavy atom. The third-order valence-electron chi connectivity index (χ3n) is 2.94. The lowest BCUT2D eigenvalue weighted by Gasteiger charge is -2.18. The molecule has 0 heterocycles. The molecule has 0 aliphatic heterocycles. The Labute approximate surface area is 105 Å². The van der Waals surface area contributed by atoms with E-state index >= 15 is 0 Å². The topological polar surface area (TPSA) is 26.0 Å². The highest BCUT2D eigenvalue weighted by molar-refractivity contribution is 5.35. The van der Waals surface area contributed by atoms with Crippen LogP contribution in [0.3, 0.4) is 0 Å². The van der Waals surface area contributed by atoms with Gasteiger partial charge in [0.1, 0.15) is 0 Å². The first kappa shape index (κ1) is 12.7. The van der Waals surface area contributed by atoms with Crippen molar-refractivity contribution in [1.82, 2.24) is 0 Å². The summed E-state index contributed by atoms with van der Waals surface area (Å²) in [4.78, 5) is 0. The minimum Gasteiger partial charge on any atom is -0.324 e. The molecule has 2 aromatic rings. The highest BCUT2D eigenvalue weighted by atomic mass is 19.3. The van der Waals surface area contributed by atoms with Crippen molar-refractivity contribution in [1.29, 1.82) is 0 Å². The Morgan fingerprint density at radius 3 is 1.89 bits per heavy atom. The maximum absolute atomic E-state index is 14.2. The molecule has 0 spiro atoms. The van der Waals surface area contributed by atoms with Crippen molar-refractivity contribution in [3.05, 3.63) is 71.3 Å². The SMILES string of the molecule is CC(N)c1ccc(C(F)(F)c2ccccc2)cc1. The largest absolute Gasteiger partial charge is 0.324 e. The fraction of sp³-hybridized carbons (Fsp3) is 0.200. The second-order valence-corrected chi connectivity index (χ2v) is 4.35. The zero-order valence-corrected chi connectivity index (χ0v) is 10.1. The molecular weight excluding hydrogens is 232 g/mol. The van der Waals surface area contributed by atoms with Gasteiger partial charge in [0.05, 0.1) is 0 Å². The summed E-state index contributed by atoms with van der Waals surface area (Å²) in [5, 5.41) is 0. The molecule has 0 aliphatic carbocycles. The lowest BCUT2D eigenvalue weighted by Crippen LogP contribution is -2.15. The van der Waals surface area contributed by atoms with Crippen LogP contribution in [0.2, 0.25) is 0 Å². The average Bonchev–Trinajstić information content (AvgIpc) is 2.40. The molecule has 94 valence electrons. The molecule has 18 heavy (non-hydrogen) atoms. The van der Waals surface area contributed by atoms with Crippen molar-refractivity contribution in [3.63, 3.8) is 0 Å². The molecule has 1 atom stereocenters. The van der Waals surface area contributed by atoms with E-state index in [0.717, 1.165) is 5.56 Å². The first-order valence-corrected chi connectivity index (χ1v) is 5.81. The van der Waals surface area contributed by atoms with E-state index in [-0.39, 0.29) is 17.2 Å². The zero-order valence-electron chi connectivity index (χ0n) is 10.1. The minimum atomic E-state index is -2.97. The summed E-state index contributed by atoms with van der Waals surface area (Å²) in [6.07, 6.45) is 0. The van der Waals surface area contributed by atoms with Crippen molar-refractivity contribution < 1.29 is 8.78 Å². The zero-order chi connectivity index (χ0) is 13.2. The highest BCUT2D eigenvalue weighted by Gasteiger charge is 2.33. The molecule has 3 heteroatoms. The van der Waals surface area contributed by atoms with Crippen LogP contribution in [-0.2, 0) is 5.92 Å². The van der Waals surface area contributed by atoms with Crippen LogP contribution >= 0.6 is 0 Å². The van der Waals surface area contributed by atoms with Crippen molar-refractivity contribution in [2.45, 2.75) is 18.9 Å². The Morgan fingerprint density at radius 1 is 0.889 bits per heavy atom. The van der Waals surface area contributed by atoms with Crippen molar-refractivity contribution in [2.75, 3.05) is 0 Å². The van der Waals surface area contributed by atoms with E-state index in [9.17, 15) is 8.78 Å². The van der Waals surface area contributed by atoms with Gasteiger partial charge in [0.25, 0.3) is 5.92 Å². The summed E-state index contributed by atoms with van der Waals surface area (Å²) >= 11 is 0. The standard InChI is InChI=1S/C15H15F2N/c1-11(18)12-7-9-14(10-8-12)15(16,17)13-5-3-2-4-6-13/h2-11H,18H2,1H3. The summed E-state index contributed by atoms with van der Waals surface area (Å²) in [6, 6.07) is 13.8. The van der Waals surface area contributed by atoms with E-state index in [4.69, 9.17) is 5.73 Å². The molecule has 0 fully saturated rings. The van der Waals surface area contributed by atoms with Crippen molar-refractivity contribution in [3.8, 4) is 0 Å². The van der Waals surface area contributed by atoms with Crippen LogP contribution in [-0.4, -0.2) is 0 Å². The smallest absolute Gasteiger partial charge is 0.298 e. The van der Waals surface area contributed by atoms with Crippen LogP contribution in [0, 0.1) is 0 Å². The van der Waals surface area contributed by atoms with Gasteiger partial charge in [-0.05, 0) is 12.5 Å². The van der Waals surface area contributed by atoms with Crippen LogP contribution < -0.4 is 5.73 Å². The second-order valence-electron chi connectivity index (χ2n) is 4.35. The quantitative estimate of drug-likeness (QED) is 0.876. The summed E-state index contributed by atoms with van der Waals surface area (Å²) in [5.41, 5.74) is 6.53.